The van der Waals surface area contributed by atoms with E-state index < -0.39 is 0 Å². The topological polar surface area (TPSA) is 41.1 Å². The minimum Gasteiger partial charge on any atom is -0.352 e. The van der Waals surface area contributed by atoms with E-state index in [-0.39, 0.29) is 5.91 Å². The molecule has 4 heteroatoms. The van der Waals surface area contributed by atoms with Crippen LogP contribution < -0.4 is 10.6 Å². The number of amides is 1. The molecule has 2 rings (SSSR count). The van der Waals surface area contributed by atoms with Crippen LogP contribution >= 0.6 is 15.9 Å². The molecule has 0 saturated carbocycles. The molecule has 0 aromatic heterocycles. The lowest BCUT2D eigenvalue weighted by Crippen LogP contribution is -2.31. The first-order chi connectivity index (χ1) is 9.25. The van der Waals surface area contributed by atoms with Gasteiger partial charge in [-0.15, -0.1) is 0 Å². The first-order valence-corrected chi connectivity index (χ1v) is 7.76. The molecule has 1 aromatic carbocycles. The molecular weight excluding hydrogens is 304 g/mol. The molecule has 1 atom stereocenters. The third kappa shape index (κ3) is 4.96. The summed E-state index contributed by atoms with van der Waals surface area (Å²) in [5, 5.41) is 6.38. The van der Waals surface area contributed by atoms with Gasteiger partial charge in [-0.2, -0.15) is 0 Å². The second-order valence-electron chi connectivity index (χ2n) is 5.12. The quantitative estimate of drug-likeness (QED) is 0.874. The number of nitrogens with one attached hydrogen (secondary N) is 2. The van der Waals surface area contributed by atoms with Crippen molar-refractivity contribution in [3.63, 3.8) is 0 Å². The lowest BCUT2D eigenvalue weighted by molar-refractivity contribution is -0.121. The van der Waals surface area contributed by atoms with E-state index >= 15 is 0 Å². The molecule has 1 aromatic rings. The second-order valence-corrected chi connectivity index (χ2v) is 5.97. The van der Waals surface area contributed by atoms with Gasteiger partial charge in [-0.1, -0.05) is 34.1 Å². The van der Waals surface area contributed by atoms with Crippen LogP contribution in [0.2, 0.25) is 0 Å². The summed E-state index contributed by atoms with van der Waals surface area (Å²) in [6.07, 6.45) is 4.12. The standard InChI is InChI=1S/C15H21BrN2O/c16-14-6-2-1-5-13(14)11-18-15(19)8-7-12-4-3-9-17-10-12/h1-2,5-6,12,17H,3-4,7-11H2,(H,18,19). The Bertz CT molecular complexity index is 416. The van der Waals surface area contributed by atoms with E-state index in [1.807, 2.05) is 24.3 Å². The zero-order chi connectivity index (χ0) is 13.5. The van der Waals surface area contributed by atoms with Gasteiger partial charge in [0.1, 0.15) is 0 Å². The van der Waals surface area contributed by atoms with Crippen molar-refractivity contribution in [1.82, 2.24) is 10.6 Å². The van der Waals surface area contributed by atoms with Gasteiger partial charge in [-0.05, 0) is 49.9 Å². The second kappa shape index (κ2) is 7.65. The van der Waals surface area contributed by atoms with E-state index in [4.69, 9.17) is 0 Å². The summed E-state index contributed by atoms with van der Waals surface area (Å²) in [5.41, 5.74) is 1.12. The monoisotopic (exact) mass is 324 g/mol. The third-order valence-electron chi connectivity index (χ3n) is 3.61. The molecule has 1 aliphatic rings. The molecule has 1 aliphatic heterocycles. The SMILES string of the molecule is O=C(CCC1CCCNC1)NCc1ccccc1Br. The van der Waals surface area contributed by atoms with Crippen LogP contribution in [-0.2, 0) is 11.3 Å². The summed E-state index contributed by atoms with van der Waals surface area (Å²) in [7, 11) is 0. The van der Waals surface area contributed by atoms with Crippen LogP contribution in [0.5, 0.6) is 0 Å². The number of carbonyl (C=O) groups is 1. The minimum atomic E-state index is 0.154. The Kier molecular flexibility index (Phi) is 5.86. The van der Waals surface area contributed by atoms with Gasteiger partial charge in [0, 0.05) is 17.4 Å². The van der Waals surface area contributed by atoms with Gasteiger partial charge in [0.2, 0.25) is 5.91 Å². The molecule has 1 heterocycles. The third-order valence-corrected chi connectivity index (χ3v) is 4.39. The first kappa shape index (κ1) is 14.5. The fraction of sp³-hybridized carbons (Fsp3) is 0.533. The highest BCUT2D eigenvalue weighted by molar-refractivity contribution is 9.10. The number of piperidine rings is 1. The Balaban J connectivity index is 1.68. The molecule has 2 N–H and O–H groups in total. The molecule has 0 radical (unpaired) electrons. The maximum atomic E-state index is 11.8. The number of benzene rings is 1. The number of carbonyl (C=O) groups excluding carboxylic acids is 1. The highest BCUT2D eigenvalue weighted by Crippen LogP contribution is 2.17. The average Bonchev–Trinajstić information content (AvgIpc) is 2.45. The highest BCUT2D eigenvalue weighted by Gasteiger charge is 2.14. The van der Waals surface area contributed by atoms with E-state index in [0.29, 0.717) is 18.9 Å². The minimum absolute atomic E-state index is 0.154. The van der Waals surface area contributed by atoms with Crippen LogP contribution in [0.4, 0.5) is 0 Å². The Morgan fingerprint density at radius 1 is 1.42 bits per heavy atom. The van der Waals surface area contributed by atoms with Crippen molar-refractivity contribution in [2.45, 2.75) is 32.2 Å². The van der Waals surface area contributed by atoms with Gasteiger partial charge >= 0.3 is 0 Å². The van der Waals surface area contributed by atoms with E-state index in [1.54, 1.807) is 0 Å². The summed E-state index contributed by atoms with van der Waals surface area (Å²) in [5.74, 6) is 0.823. The fourth-order valence-corrected chi connectivity index (χ4v) is 2.85. The van der Waals surface area contributed by atoms with Gasteiger partial charge in [0.15, 0.2) is 0 Å². The molecule has 19 heavy (non-hydrogen) atoms. The van der Waals surface area contributed by atoms with Crippen LogP contribution in [-0.4, -0.2) is 19.0 Å². The van der Waals surface area contributed by atoms with Gasteiger partial charge < -0.3 is 10.6 Å². The zero-order valence-electron chi connectivity index (χ0n) is 11.1. The van der Waals surface area contributed by atoms with Crippen LogP contribution in [0.1, 0.15) is 31.2 Å². The van der Waals surface area contributed by atoms with Gasteiger partial charge in [0.05, 0.1) is 0 Å². The number of hydrogen-bond donors (Lipinski definition) is 2. The zero-order valence-corrected chi connectivity index (χ0v) is 12.7. The normalized spacial score (nSPS) is 19.1. The van der Waals surface area contributed by atoms with Crippen LogP contribution in [0, 0.1) is 5.92 Å². The average molecular weight is 325 g/mol. The number of halogens is 1. The van der Waals surface area contributed by atoms with Gasteiger partial charge in [-0.3, -0.25) is 4.79 Å². The largest absolute Gasteiger partial charge is 0.352 e. The van der Waals surface area contributed by atoms with Crippen LogP contribution in [0.15, 0.2) is 28.7 Å². The summed E-state index contributed by atoms with van der Waals surface area (Å²) in [4.78, 5) is 11.8. The molecular formula is C15H21BrN2O. The van der Waals surface area contributed by atoms with Gasteiger partial charge in [-0.25, -0.2) is 0 Å². The maximum absolute atomic E-state index is 11.8. The summed E-state index contributed by atoms with van der Waals surface area (Å²) >= 11 is 3.49. The molecule has 0 spiro atoms. The molecule has 104 valence electrons. The molecule has 1 saturated heterocycles. The first-order valence-electron chi connectivity index (χ1n) is 6.96. The van der Waals surface area contributed by atoms with Crippen molar-refractivity contribution in [3.05, 3.63) is 34.3 Å². The summed E-state index contributed by atoms with van der Waals surface area (Å²) in [6.45, 7) is 2.80. The van der Waals surface area contributed by atoms with E-state index in [0.717, 1.165) is 29.5 Å². The Morgan fingerprint density at radius 2 is 2.26 bits per heavy atom. The Hall–Kier alpha value is -0.870. The summed E-state index contributed by atoms with van der Waals surface area (Å²) in [6, 6.07) is 7.98. The van der Waals surface area contributed by atoms with Crippen LogP contribution in [0.25, 0.3) is 0 Å². The smallest absolute Gasteiger partial charge is 0.220 e. The Labute approximate surface area is 123 Å². The highest BCUT2D eigenvalue weighted by atomic mass is 79.9. The van der Waals surface area contributed by atoms with Crippen molar-refractivity contribution >= 4 is 21.8 Å². The molecule has 0 bridgehead atoms. The summed E-state index contributed by atoms with van der Waals surface area (Å²) < 4.78 is 1.05. The predicted molar refractivity (Wildman–Crippen MR) is 80.8 cm³/mol. The molecule has 1 amide bonds. The fourth-order valence-electron chi connectivity index (χ4n) is 2.43. The lowest BCUT2D eigenvalue weighted by atomic mass is 9.94. The van der Waals surface area contributed by atoms with Gasteiger partial charge in [0.25, 0.3) is 0 Å². The lowest BCUT2D eigenvalue weighted by Gasteiger charge is -2.22. The van der Waals surface area contributed by atoms with E-state index in [9.17, 15) is 4.79 Å². The predicted octanol–water partition coefficient (Wildman–Crippen LogP) is 2.85. The van der Waals surface area contributed by atoms with Crippen molar-refractivity contribution in [2.24, 2.45) is 5.92 Å². The number of rotatable bonds is 5. The van der Waals surface area contributed by atoms with E-state index in [1.165, 1.54) is 12.8 Å². The van der Waals surface area contributed by atoms with Crippen molar-refractivity contribution in [2.75, 3.05) is 13.1 Å². The maximum Gasteiger partial charge on any atom is 0.220 e. The molecule has 0 aliphatic carbocycles. The molecule has 1 fully saturated rings. The van der Waals surface area contributed by atoms with E-state index in [2.05, 4.69) is 26.6 Å². The van der Waals surface area contributed by atoms with Crippen molar-refractivity contribution in [3.8, 4) is 0 Å². The molecule has 1 unspecified atom stereocenters. The van der Waals surface area contributed by atoms with Crippen LogP contribution in [0.3, 0.4) is 0 Å². The Morgan fingerprint density at radius 3 is 3.00 bits per heavy atom. The van der Waals surface area contributed by atoms with Crippen molar-refractivity contribution < 1.29 is 4.79 Å². The van der Waals surface area contributed by atoms with Crippen molar-refractivity contribution in [1.29, 1.82) is 0 Å². The number of hydrogen-bond acceptors (Lipinski definition) is 2. The molecule has 3 nitrogen and oxygen atoms in total.